The lowest BCUT2D eigenvalue weighted by atomic mass is 9.98. The fraction of sp³-hybridized carbons (Fsp3) is 0.227. The van der Waals surface area contributed by atoms with E-state index in [1.165, 1.54) is 0 Å². The summed E-state index contributed by atoms with van der Waals surface area (Å²) < 4.78 is 5.22. The highest BCUT2D eigenvalue weighted by molar-refractivity contribution is 5.92. The van der Waals surface area contributed by atoms with Gasteiger partial charge in [0.05, 0.1) is 13.2 Å². The first kappa shape index (κ1) is 19.4. The van der Waals surface area contributed by atoms with Crippen molar-refractivity contribution in [3.63, 3.8) is 0 Å². The van der Waals surface area contributed by atoms with Gasteiger partial charge in [0.1, 0.15) is 11.4 Å². The zero-order valence-corrected chi connectivity index (χ0v) is 16.1. The van der Waals surface area contributed by atoms with Crippen molar-refractivity contribution >= 4 is 5.91 Å². The summed E-state index contributed by atoms with van der Waals surface area (Å²) in [4.78, 5) is 31.3. The number of methoxy groups -OCH3 is 1. The van der Waals surface area contributed by atoms with E-state index in [0.29, 0.717) is 5.69 Å². The molecule has 0 saturated carbocycles. The van der Waals surface area contributed by atoms with E-state index in [2.05, 4.69) is 15.3 Å². The van der Waals surface area contributed by atoms with Gasteiger partial charge in [-0.05, 0) is 35.2 Å². The number of benzene rings is 2. The zero-order valence-electron chi connectivity index (χ0n) is 16.1. The van der Waals surface area contributed by atoms with Gasteiger partial charge in [0.15, 0.2) is 0 Å². The molecule has 1 heterocycles. The van der Waals surface area contributed by atoms with Crippen LogP contribution >= 0.6 is 0 Å². The van der Waals surface area contributed by atoms with E-state index < -0.39 is 11.6 Å². The van der Waals surface area contributed by atoms with Crippen molar-refractivity contribution in [1.82, 2.24) is 15.3 Å². The minimum atomic E-state index is -0.531. The van der Waals surface area contributed by atoms with Gasteiger partial charge in [-0.25, -0.2) is 4.79 Å². The van der Waals surface area contributed by atoms with Crippen molar-refractivity contribution in [2.45, 2.75) is 25.8 Å². The predicted octanol–water partition coefficient (Wildman–Crippen LogP) is 3.42. The Kier molecular flexibility index (Phi) is 5.89. The molecular formula is C22H23N3O3. The standard InChI is InChI=1S/C22H23N3O3/c1-14(2)18-13-19(24-22(27)23-18)21(26)25-20(15-7-5-4-6-8-15)16-9-11-17(28-3)12-10-16/h4-14,20H,1-3H3,(H,25,26)(H,23,24,27)/t20-/m0/s1. The Labute approximate surface area is 163 Å². The molecule has 28 heavy (non-hydrogen) atoms. The lowest BCUT2D eigenvalue weighted by Crippen LogP contribution is -2.32. The van der Waals surface area contributed by atoms with Crippen LogP contribution in [-0.4, -0.2) is 23.0 Å². The van der Waals surface area contributed by atoms with Crippen LogP contribution in [0.3, 0.4) is 0 Å². The minimum Gasteiger partial charge on any atom is -0.497 e. The van der Waals surface area contributed by atoms with E-state index >= 15 is 0 Å². The topological polar surface area (TPSA) is 84.1 Å². The fourth-order valence-corrected chi connectivity index (χ4v) is 2.91. The Bertz CT molecular complexity index is 996. The van der Waals surface area contributed by atoms with E-state index in [1.54, 1.807) is 13.2 Å². The average Bonchev–Trinajstić information content (AvgIpc) is 2.72. The number of H-pyrrole nitrogens is 1. The van der Waals surface area contributed by atoms with Crippen LogP contribution in [-0.2, 0) is 0 Å². The Morgan fingerprint density at radius 1 is 1.04 bits per heavy atom. The first-order valence-corrected chi connectivity index (χ1v) is 9.09. The lowest BCUT2D eigenvalue weighted by Gasteiger charge is -2.20. The van der Waals surface area contributed by atoms with Crippen molar-refractivity contribution in [3.05, 3.63) is 93.7 Å². The molecule has 1 atom stereocenters. The molecule has 0 fully saturated rings. The summed E-state index contributed by atoms with van der Waals surface area (Å²) in [5, 5.41) is 3.00. The number of carbonyl (C=O) groups excluding carboxylic acids is 1. The van der Waals surface area contributed by atoms with Crippen LogP contribution in [0.2, 0.25) is 0 Å². The maximum absolute atomic E-state index is 12.9. The molecule has 3 aromatic rings. The zero-order chi connectivity index (χ0) is 20.1. The van der Waals surface area contributed by atoms with Crippen LogP contribution in [0.25, 0.3) is 0 Å². The van der Waals surface area contributed by atoms with Gasteiger partial charge >= 0.3 is 5.69 Å². The molecular weight excluding hydrogens is 354 g/mol. The number of nitrogens with zero attached hydrogens (tertiary/aromatic N) is 1. The molecule has 0 aliphatic carbocycles. The Hall–Kier alpha value is -3.41. The van der Waals surface area contributed by atoms with Crippen LogP contribution in [0.1, 0.15) is 53.1 Å². The molecule has 0 spiro atoms. The maximum atomic E-state index is 12.9. The minimum absolute atomic E-state index is 0.0776. The Balaban J connectivity index is 1.95. The quantitative estimate of drug-likeness (QED) is 0.689. The SMILES string of the molecule is COc1ccc([C@@H](NC(=O)c2cc(C(C)C)[nH]c(=O)n2)c2ccccc2)cc1. The van der Waals surface area contributed by atoms with Gasteiger partial charge in [-0.1, -0.05) is 56.3 Å². The molecule has 3 rings (SSSR count). The molecule has 0 saturated heterocycles. The number of aromatic nitrogens is 2. The number of carbonyl (C=O) groups is 1. The smallest absolute Gasteiger partial charge is 0.345 e. The lowest BCUT2D eigenvalue weighted by molar-refractivity contribution is 0.0937. The summed E-state index contributed by atoms with van der Waals surface area (Å²) >= 11 is 0. The van der Waals surface area contributed by atoms with Gasteiger partial charge in [0.2, 0.25) is 0 Å². The second-order valence-electron chi connectivity index (χ2n) is 6.77. The fourth-order valence-electron chi connectivity index (χ4n) is 2.91. The van der Waals surface area contributed by atoms with E-state index in [4.69, 9.17) is 4.74 Å². The number of ether oxygens (including phenoxy) is 1. The van der Waals surface area contributed by atoms with E-state index in [9.17, 15) is 9.59 Å². The Morgan fingerprint density at radius 2 is 1.68 bits per heavy atom. The molecule has 0 radical (unpaired) electrons. The molecule has 6 heteroatoms. The van der Waals surface area contributed by atoms with Gasteiger partial charge in [0.25, 0.3) is 5.91 Å². The van der Waals surface area contributed by atoms with Crippen LogP contribution in [0.5, 0.6) is 5.75 Å². The summed E-state index contributed by atoms with van der Waals surface area (Å²) in [7, 11) is 1.61. The van der Waals surface area contributed by atoms with Crippen molar-refractivity contribution in [2.24, 2.45) is 0 Å². The van der Waals surface area contributed by atoms with Crippen molar-refractivity contribution in [2.75, 3.05) is 7.11 Å². The summed E-state index contributed by atoms with van der Waals surface area (Å²) in [6, 6.07) is 18.4. The van der Waals surface area contributed by atoms with Crippen molar-refractivity contribution < 1.29 is 9.53 Å². The second kappa shape index (κ2) is 8.52. The summed E-state index contributed by atoms with van der Waals surface area (Å²) in [5.41, 5.74) is 2.06. The number of nitrogens with one attached hydrogen (secondary N) is 2. The molecule has 2 N–H and O–H groups in total. The van der Waals surface area contributed by atoms with Crippen molar-refractivity contribution in [1.29, 1.82) is 0 Å². The normalized spacial score (nSPS) is 11.9. The molecule has 0 unspecified atom stereocenters. The number of hydrogen-bond acceptors (Lipinski definition) is 4. The van der Waals surface area contributed by atoms with Gasteiger partial charge in [0, 0.05) is 5.69 Å². The second-order valence-corrected chi connectivity index (χ2v) is 6.77. The molecule has 0 bridgehead atoms. The third kappa shape index (κ3) is 4.46. The molecule has 1 amide bonds. The third-order valence-corrected chi connectivity index (χ3v) is 4.48. The van der Waals surface area contributed by atoms with Crippen LogP contribution in [0.4, 0.5) is 0 Å². The van der Waals surface area contributed by atoms with Crippen molar-refractivity contribution in [3.8, 4) is 5.75 Å². The predicted molar refractivity (Wildman–Crippen MR) is 108 cm³/mol. The van der Waals surface area contributed by atoms with Gasteiger partial charge in [-0.15, -0.1) is 0 Å². The van der Waals surface area contributed by atoms with E-state index in [1.807, 2.05) is 68.4 Å². The highest BCUT2D eigenvalue weighted by Gasteiger charge is 2.20. The summed E-state index contributed by atoms with van der Waals surface area (Å²) in [6.07, 6.45) is 0. The third-order valence-electron chi connectivity index (χ3n) is 4.48. The Morgan fingerprint density at radius 3 is 2.29 bits per heavy atom. The molecule has 0 aliphatic heterocycles. The first-order valence-electron chi connectivity index (χ1n) is 9.09. The molecule has 6 nitrogen and oxygen atoms in total. The van der Waals surface area contributed by atoms with E-state index in [0.717, 1.165) is 16.9 Å². The summed E-state index contributed by atoms with van der Waals surface area (Å²) in [5.74, 6) is 0.408. The first-order chi connectivity index (χ1) is 13.5. The molecule has 1 aromatic heterocycles. The number of aromatic amines is 1. The molecule has 144 valence electrons. The van der Waals surface area contributed by atoms with Gasteiger partial charge in [-0.3, -0.25) is 4.79 Å². The number of amides is 1. The van der Waals surface area contributed by atoms with E-state index in [-0.39, 0.29) is 17.7 Å². The van der Waals surface area contributed by atoms with Crippen LogP contribution < -0.4 is 15.7 Å². The molecule has 0 aliphatic rings. The average molecular weight is 377 g/mol. The molecule has 2 aromatic carbocycles. The monoisotopic (exact) mass is 377 g/mol. The van der Waals surface area contributed by atoms with Crippen LogP contribution in [0, 0.1) is 0 Å². The van der Waals surface area contributed by atoms with Crippen LogP contribution in [0.15, 0.2) is 65.5 Å². The largest absolute Gasteiger partial charge is 0.497 e. The highest BCUT2D eigenvalue weighted by Crippen LogP contribution is 2.24. The number of rotatable bonds is 6. The van der Waals surface area contributed by atoms with Gasteiger partial charge < -0.3 is 15.0 Å². The highest BCUT2D eigenvalue weighted by atomic mass is 16.5. The number of hydrogen-bond donors (Lipinski definition) is 2. The summed E-state index contributed by atoms with van der Waals surface area (Å²) in [6.45, 7) is 3.88. The van der Waals surface area contributed by atoms with Gasteiger partial charge in [-0.2, -0.15) is 4.98 Å². The maximum Gasteiger partial charge on any atom is 0.345 e.